The maximum Gasteiger partial charge on any atom is 0.0721 e. The molecule has 0 aromatic carbocycles. The van der Waals surface area contributed by atoms with E-state index in [-0.39, 0.29) is 6.10 Å². The molecule has 0 bridgehead atoms. The molecule has 0 radical (unpaired) electrons. The van der Waals surface area contributed by atoms with Gasteiger partial charge in [-0.3, -0.25) is 4.68 Å². The first-order valence-electron chi connectivity index (χ1n) is 6.67. The van der Waals surface area contributed by atoms with Crippen LogP contribution in [0.5, 0.6) is 0 Å². The molecule has 0 saturated carbocycles. The highest BCUT2D eigenvalue weighted by Crippen LogP contribution is 2.27. The summed E-state index contributed by atoms with van der Waals surface area (Å²) in [6, 6.07) is 2.15. The summed E-state index contributed by atoms with van der Waals surface area (Å²) in [6.45, 7) is 5.11. The van der Waals surface area contributed by atoms with Gasteiger partial charge in [-0.2, -0.15) is 28.6 Å². The Morgan fingerprint density at radius 2 is 2.33 bits per heavy atom. The van der Waals surface area contributed by atoms with E-state index < -0.39 is 0 Å². The standard InChI is InChI=1S/C13H22N2OS2/c1-3-10-7-11(15(4-2)14-10)8-12(16)13-9-17-5-6-18-13/h7,12-13,16H,3-6,8-9H2,1-2H3. The topological polar surface area (TPSA) is 38.0 Å². The van der Waals surface area contributed by atoms with Crippen molar-refractivity contribution in [2.75, 3.05) is 17.3 Å². The van der Waals surface area contributed by atoms with Gasteiger partial charge in [-0.1, -0.05) is 6.92 Å². The Morgan fingerprint density at radius 1 is 1.50 bits per heavy atom. The normalized spacial score (nSPS) is 22.1. The molecule has 1 aliphatic rings. The summed E-state index contributed by atoms with van der Waals surface area (Å²) < 4.78 is 2.03. The zero-order valence-electron chi connectivity index (χ0n) is 11.1. The molecule has 2 heterocycles. The van der Waals surface area contributed by atoms with E-state index in [1.54, 1.807) is 0 Å². The smallest absolute Gasteiger partial charge is 0.0721 e. The molecular formula is C13H22N2OS2. The number of rotatable bonds is 5. The van der Waals surface area contributed by atoms with Gasteiger partial charge in [0.15, 0.2) is 0 Å². The number of hydrogen-bond donors (Lipinski definition) is 1. The highest BCUT2D eigenvalue weighted by Gasteiger charge is 2.24. The average Bonchev–Trinajstić information content (AvgIpc) is 2.82. The van der Waals surface area contributed by atoms with Gasteiger partial charge in [0, 0.05) is 41.2 Å². The molecule has 2 unspecified atom stereocenters. The van der Waals surface area contributed by atoms with Crippen LogP contribution in [0.1, 0.15) is 25.2 Å². The molecule has 3 nitrogen and oxygen atoms in total. The first kappa shape index (κ1) is 14.3. The second kappa shape index (κ2) is 6.87. The molecule has 2 atom stereocenters. The quantitative estimate of drug-likeness (QED) is 0.901. The molecule has 0 spiro atoms. The number of aryl methyl sites for hydroxylation is 2. The van der Waals surface area contributed by atoms with Crippen molar-refractivity contribution < 1.29 is 5.11 Å². The third kappa shape index (κ3) is 3.45. The van der Waals surface area contributed by atoms with Crippen LogP contribution in [0.4, 0.5) is 0 Å². The Bertz CT molecular complexity index is 375. The predicted octanol–water partition coefficient (Wildman–Crippen LogP) is 2.22. The average molecular weight is 286 g/mol. The first-order valence-corrected chi connectivity index (χ1v) is 8.88. The van der Waals surface area contributed by atoms with E-state index in [0.29, 0.717) is 5.25 Å². The largest absolute Gasteiger partial charge is 0.392 e. The fourth-order valence-electron chi connectivity index (χ4n) is 2.20. The van der Waals surface area contributed by atoms with E-state index in [1.807, 2.05) is 28.2 Å². The van der Waals surface area contributed by atoms with Crippen molar-refractivity contribution in [3.63, 3.8) is 0 Å². The van der Waals surface area contributed by atoms with E-state index in [2.05, 4.69) is 25.0 Å². The Labute approximate surface area is 118 Å². The third-order valence-corrected chi connectivity index (χ3v) is 6.17. The maximum absolute atomic E-state index is 10.4. The minimum Gasteiger partial charge on any atom is -0.392 e. The van der Waals surface area contributed by atoms with Gasteiger partial charge in [0.25, 0.3) is 0 Å². The lowest BCUT2D eigenvalue weighted by Crippen LogP contribution is -2.31. The molecule has 1 aliphatic heterocycles. The van der Waals surface area contributed by atoms with Crippen LogP contribution in [0.2, 0.25) is 0 Å². The lowest BCUT2D eigenvalue weighted by atomic mass is 10.1. The van der Waals surface area contributed by atoms with Crippen LogP contribution in [-0.2, 0) is 19.4 Å². The van der Waals surface area contributed by atoms with Crippen LogP contribution >= 0.6 is 23.5 Å². The maximum atomic E-state index is 10.4. The van der Waals surface area contributed by atoms with E-state index in [0.717, 1.165) is 30.8 Å². The Kier molecular flexibility index (Phi) is 5.45. The molecule has 5 heteroatoms. The lowest BCUT2D eigenvalue weighted by Gasteiger charge is -2.25. The summed E-state index contributed by atoms with van der Waals surface area (Å²) in [5, 5.41) is 15.3. The fourth-order valence-corrected chi connectivity index (χ4v) is 4.97. The van der Waals surface area contributed by atoms with E-state index >= 15 is 0 Å². The molecule has 102 valence electrons. The third-order valence-electron chi connectivity index (χ3n) is 3.26. The molecule has 1 N–H and O–H groups in total. The molecule has 18 heavy (non-hydrogen) atoms. The van der Waals surface area contributed by atoms with E-state index in [9.17, 15) is 5.11 Å². The summed E-state index contributed by atoms with van der Waals surface area (Å²) in [5.41, 5.74) is 2.31. The molecule has 1 aromatic rings. The van der Waals surface area contributed by atoms with Crippen molar-refractivity contribution in [3.05, 3.63) is 17.5 Å². The SMILES string of the molecule is CCc1cc(CC(O)C2CSCCS2)n(CC)n1. The van der Waals surface area contributed by atoms with Gasteiger partial charge in [-0.05, 0) is 19.4 Å². The molecule has 1 saturated heterocycles. The Hall–Kier alpha value is -0.130. The summed E-state index contributed by atoms with van der Waals surface area (Å²) >= 11 is 3.87. The zero-order valence-corrected chi connectivity index (χ0v) is 12.8. The molecule has 0 amide bonds. The van der Waals surface area contributed by atoms with Crippen molar-refractivity contribution in [3.8, 4) is 0 Å². The number of nitrogens with zero attached hydrogens (tertiary/aromatic N) is 2. The van der Waals surface area contributed by atoms with Crippen LogP contribution in [0.15, 0.2) is 6.07 Å². The summed E-state index contributed by atoms with van der Waals surface area (Å²) in [4.78, 5) is 0. The van der Waals surface area contributed by atoms with Gasteiger partial charge in [0.2, 0.25) is 0 Å². The number of hydrogen-bond acceptors (Lipinski definition) is 4. The zero-order chi connectivity index (χ0) is 13.0. The molecule has 2 rings (SSSR count). The van der Waals surface area contributed by atoms with Crippen LogP contribution < -0.4 is 0 Å². The number of thioether (sulfide) groups is 2. The molecule has 1 fully saturated rings. The number of aromatic nitrogens is 2. The Morgan fingerprint density at radius 3 is 2.94 bits per heavy atom. The molecule has 1 aromatic heterocycles. The van der Waals surface area contributed by atoms with Crippen LogP contribution in [0, 0.1) is 0 Å². The molecular weight excluding hydrogens is 264 g/mol. The second-order valence-electron chi connectivity index (χ2n) is 4.55. The van der Waals surface area contributed by atoms with Gasteiger partial charge < -0.3 is 5.11 Å². The minimum absolute atomic E-state index is 0.241. The van der Waals surface area contributed by atoms with Gasteiger partial charge in [-0.15, -0.1) is 0 Å². The predicted molar refractivity (Wildman–Crippen MR) is 80.6 cm³/mol. The number of aliphatic hydroxyl groups excluding tert-OH is 1. The van der Waals surface area contributed by atoms with E-state index in [1.165, 1.54) is 17.2 Å². The van der Waals surface area contributed by atoms with Crippen molar-refractivity contribution >= 4 is 23.5 Å². The lowest BCUT2D eigenvalue weighted by molar-refractivity contribution is 0.174. The number of aliphatic hydroxyl groups is 1. The fraction of sp³-hybridized carbons (Fsp3) is 0.769. The van der Waals surface area contributed by atoms with Gasteiger partial charge >= 0.3 is 0 Å². The summed E-state index contributed by atoms with van der Waals surface area (Å²) in [6.07, 6.45) is 1.46. The molecule has 0 aliphatic carbocycles. The van der Waals surface area contributed by atoms with Crippen molar-refractivity contribution in [2.24, 2.45) is 0 Å². The van der Waals surface area contributed by atoms with Crippen molar-refractivity contribution in [1.29, 1.82) is 0 Å². The van der Waals surface area contributed by atoms with Crippen molar-refractivity contribution in [1.82, 2.24) is 9.78 Å². The van der Waals surface area contributed by atoms with Gasteiger partial charge in [-0.25, -0.2) is 0 Å². The van der Waals surface area contributed by atoms with E-state index in [4.69, 9.17) is 0 Å². The Balaban J connectivity index is 2.00. The summed E-state index contributed by atoms with van der Waals surface area (Å²) in [7, 11) is 0. The highest BCUT2D eigenvalue weighted by molar-refractivity contribution is 8.06. The van der Waals surface area contributed by atoms with Gasteiger partial charge in [0.05, 0.1) is 11.8 Å². The second-order valence-corrected chi connectivity index (χ2v) is 7.05. The minimum atomic E-state index is -0.241. The van der Waals surface area contributed by atoms with Crippen LogP contribution in [0.3, 0.4) is 0 Å². The van der Waals surface area contributed by atoms with Crippen LogP contribution in [-0.4, -0.2) is 43.5 Å². The first-order chi connectivity index (χ1) is 8.74. The highest BCUT2D eigenvalue weighted by atomic mass is 32.2. The summed E-state index contributed by atoms with van der Waals surface area (Å²) in [5.74, 6) is 3.47. The van der Waals surface area contributed by atoms with Crippen molar-refractivity contribution in [2.45, 2.75) is 44.6 Å². The monoisotopic (exact) mass is 286 g/mol. The van der Waals surface area contributed by atoms with Gasteiger partial charge in [0.1, 0.15) is 0 Å². The van der Waals surface area contributed by atoms with Crippen LogP contribution in [0.25, 0.3) is 0 Å².